The fourth-order valence-corrected chi connectivity index (χ4v) is 2.93. The highest BCUT2D eigenvalue weighted by Gasteiger charge is 2.56. The first-order valence-electron chi connectivity index (χ1n) is 8.12. The van der Waals surface area contributed by atoms with E-state index in [1.807, 2.05) is 0 Å². The largest absolute Gasteiger partial charge is 0.477 e. The molecule has 10 atom stereocenters. The summed E-state index contributed by atoms with van der Waals surface area (Å²) < 4.78 is 15.1. The van der Waals surface area contributed by atoms with Crippen LogP contribution in [0.3, 0.4) is 0 Å². The van der Waals surface area contributed by atoms with Crippen LogP contribution in [0.5, 0.6) is 0 Å². The molecule has 2 aliphatic heterocycles. The van der Waals surface area contributed by atoms with E-state index in [2.05, 4.69) is 0 Å². The molecule has 13 heteroatoms. The fraction of sp³-hybridized carbons (Fsp3) is 0.929. The van der Waals surface area contributed by atoms with E-state index in [9.17, 15) is 45.6 Å². The van der Waals surface area contributed by atoms with Crippen molar-refractivity contribution in [2.45, 2.75) is 67.3 Å². The second kappa shape index (κ2) is 8.59. The van der Waals surface area contributed by atoms with Crippen LogP contribution in [-0.2, 0) is 19.0 Å². The average molecular weight is 400 g/mol. The number of rotatable bonds is 7. The molecule has 9 N–H and O–H groups in total. The minimum Gasteiger partial charge on any atom is -0.477 e. The summed E-state index contributed by atoms with van der Waals surface area (Å²) in [6, 6.07) is 0. The van der Waals surface area contributed by atoms with Gasteiger partial charge < -0.3 is 60.2 Å². The van der Waals surface area contributed by atoms with Gasteiger partial charge in [-0.3, -0.25) is 0 Å². The van der Waals surface area contributed by atoms with Crippen LogP contribution in [0, 0.1) is 0 Å². The Labute approximate surface area is 152 Å². The first kappa shape index (κ1) is 22.3. The van der Waals surface area contributed by atoms with Gasteiger partial charge in [-0.15, -0.1) is 0 Å². The second-order valence-electron chi connectivity index (χ2n) is 6.50. The van der Waals surface area contributed by atoms with Gasteiger partial charge in [0.25, 0.3) is 5.79 Å². The Balaban J connectivity index is 2.17. The van der Waals surface area contributed by atoms with Crippen LogP contribution in [0.2, 0.25) is 0 Å². The minimum absolute atomic E-state index is 0.699. The van der Waals surface area contributed by atoms with Crippen molar-refractivity contribution in [3.63, 3.8) is 0 Å². The molecule has 0 amide bonds. The molecule has 0 aromatic carbocycles. The minimum atomic E-state index is -2.61. The number of aliphatic hydroxyl groups excluding tert-OH is 8. The van der Waals surface area contributed by atoms with Gasteiger partial charge in [-0.1, -0.05) is 0 Å². The van der Waals surface area contributed by atoms with Crippen LogP contribution >= 0.6 is 0 Å². The van der Waals surface area contributed by atoms with Gasteiger partial charge in [0, 0.05) is 6.42 Å². The predicted molar refractivity (Wildman–Crippen MR) is 79.8 cm³/mol. The number of hydrogen-bond acceptors (Lipinski definition) is 12. The number of hydrogen-bond donors (Lipinski definition) is 9. The van der Waals surface area contributed by atoms with E-state index in [1.165, 1.54) is 0 Å². The molecule has 0 saturated carbocycles. The highest BCUT2D eigenvalue weighted by Crippen LogP contribution is 2.34. The van der Waals surface area contributed by atoms with E-state index in [-0.39, 0.29) is 0 Å². The summed E-state index contributed by atoms with van der Waals surface area (Å²) in [4.78, 5) is 11.7. The summed E-state index contributed by atoms with van der Waals surface area (Å²) in [5, 5.41) is 86.3. The Bertz CT molecular complexity index is 517. The Hall–Kier alpha value is -0.970. The quantitative estimate of drug-likeness (QED) is 0.194. The smallest absolute Gasteiger partial charge is 0.364 e. The summed E-state index contributed by atoms with van der Waals surface area (Å²) in [6.45, 7) is -1.63. The summed E-state index contributed by atoms with van der Waals surface area (Å²) in [7, 11) is 0. The van der Waals surface area contributed by atoms with Gasteiger partial charge in [-0.2, -0.15) is 0 Å². The van der Waals surface area contributed by atoms with Gasteiger partial charge in [0.05, 0.1) is 19.3 Å². The van der Waals surface area contributed by atoms with E-state index in [0.29, 0.717) is 0 Å². The van der Waals surface area contributed by atoms with Gasteiger partial charge in [0.1, 0.15) is 42.7 Å². The molecule has 2 heterocycles. The molecule has 2 rings (SSSR count). The van der Waals surface area contributed by atoms with Crippen molar-refractivity contribution < 1.29 is 65.0 Å². The molecular formula is C14H24O13. The third-order valence-corrected chi connectivity index (χ3v) is 4.60. The van der Waals surface area contributed by atoms with E-state index in [1.54, 1.807) is 0 Å². The Morgan fingerprint density at radius 3 is 2.22 bits per heavy atom. The number of aliphatic hydroxyl groups is 8. The van der Waals surface area contributed by atoms with Crippen molar-refractivity contribution in [1.29, 1.82) is 0 Å². The maximum Gasteiger partial charge on any atom is 0.364 e. The number of carboxylic acids is 1. The van der Waals surface area contributed by atoms with Crippen molar-refractivity contribution in [3.8, 4) is 0 Å². The van der Waals surface area contributed by atoms with Gasteiger partial charge >= 0.3 is 5.97 Å². The van der Waals surface area contributed by atoms with Gasteiger partial charge in [-0.05, 0) is 0 Å². The maximum atomic E-state index is 11.7. The topological polar surface area (TPSA) is 227 Å². The molecule has 0 radical (unpaired) electrons. The second-order valence-corrected chi connectivity index (χ2v) is 6.50. The van der Waals surface area contributed by atoms with Crippen molar-refractivity contribution in [2.24, 2.45) is 0 Å². The molecule has 0 aromatic heterocycles. The molecule has 0 aliphatic carbocycles. The lowest BCUT2D eigenvalue weighted by Gasteiger charge is -2.44. The van der Waals surface area contributed by atoms with Crippen LogP contribution < -0.4 is 0 Å². The lowest BCUT2D eigenvalue weighted by Crippen LogP contribution is -2.64. The Morgan fingerprint density at radius 2 is 1.74 bits per heavy atom. The van der Waals surface area contributed by atoms with Crippen LogP contribution in [0.25, 0.3) is 0 Å². The van der Waals surface area contributed by atoms with Crippen LogP contribution in [0.4, 0.5) is 0 Å². The normalized spacial score (nSPS) is 44.8. The van der Waals surface area contributed by atoms with Crippen LogP contribution in [0.15, 0.2) is 0 Å². The SMILES string of the molecule is O=C(O)[C@@]1(OC[C@H]2O[C@H](O)[C@H](O)[C@@H]2O)C[C@H](O)[C@@H](O)[C@H]([C@H](O)[C@H](O)CO)O1. The number of aliphatic carboxylic acids is 1. The summed E-state index contributed by atoms with van der Waals surface area (Å²) >= 11 is 0. The van der Waals surface area contributed by atoms with Gasteiger partial charge in [-0.25, -0.2) is 4.79 Å². The van der Waals surface area contributed by atoms with E-state index in [4.69, 9.17) is 19.3 Å². The summed E-state index contributed by atoms with van der Waals surface area (Å²) in [5.41, 5.74) is 0. The maximum absolute atomic E-state index is 11.7. The van der Waals surface area contributed by atoms with E-state index >= 15 is 0 Å². The molecule has 2 fully saturated rings. The molecule has 0 spiro atoms. The van der Waals surface area contributed by atoms with Crippen LogP contribution in [0.1, 0.15) is 6.42 Å². The van der Waals surface area contributed by atoms with Crippen molar-refractivity contribution in [2.75, 3.05) is 13.2 Å². The van der Waals surface area contributed by atoms with Crippen molar-refractivity contribution >= 4 is 5.97 Å². The highest BCUT2D eigenvalue weighted by atomic mass is 16.7. The molecule has 158 valence electrons. The average Bonchev–Trinajstić information content (AvgIpc) is 2.88. The molecule has 0 aromatic rings. The molecular weight excluding hydrogens is 376 g/mol. The number of carboxylic acid groups (broad SMARTS) is 1. The lowest BCUT2D eigenvalue weighted by atomic mass is 9.90. The zero-order valence-electron chi connectivity index (χ0n) is 14.0. The van der Waals surface area contributed by atoms with E-state index in [0.717, 1.165) is 0 Å². The first-order valence-corrected chi connectivity index (χ1v) is 8.12. The molecule has 13 nitrogen and oxygen atoms in total. The van der Waals surface area contributed by atoms with Crippen molar-refractivity contribution in [3.05, 3.63) is 0 Å². The van der Waals surface area contributed by atoms with Crippen molar-refractivity contribution in [1.82, 2.24) is 0 Å². The predicted octanol–water partition coefficient (Wildman–Crippen LogP) is -5.55. The van der Waals surface area contributed by atoms with Gasteiger partial charge in [0.15, 0.2) is 6.29 Å². The molecule has 27 heavy (non-hydrogen) atoms. The van der Waals surface area contributed by atoms with Crippen LogP contribution in [-0.4, -0.2) is 126 Å². The van der Waals surface area contributed by atoms with Gasteiger partial charge in [0.2, 0.25) is 0 Å². The third-order valence-electron chi connectivity index (χ3n) is 4.60. The zero-order valence-corrected chi connectivity index (χ0v) is 14.0. The zero-order chi connectivity index (χ0) is 20.5. The summed E-state index contributed by atoms with van der Waals surface area (Å²) in [6.07, 6.45) is -16.2. The number of carbonyl (C=O) groups is 1. The standard InChI is InChI=1S/C14H24O13/c15-2-5(17)8(19)11-7(18)4(16)1-14(27-11,13(23)24)25-3-6-9(20)10(21)12(22)26-6/h4-12,15-22H,1-3H2,(H,23,24)/t4-,5+,6+,7+,8+,9+,10+,11+,12-,14+/m0/s1. The third kappa shape index (κ3) is 4.38. The number of ether oxygens (including phenoxy) is 3. The molecule has 0 bridgehead atoms. The van der Waals surface area contributed by atoms with E-state index < -0.39 is 86.5 Å². The highest BCUT2D eigenvalue weighted by molar-refractivity contribution is 5.76. The molecule has 2 aliphatic rings. The Kier molecular flexibility index (Phi) is 7.10. The molecule has 2 saturated heterocycles. The summed E-state index contributed by atoms with van der Waals surface area (Å²) in [5.74, 6) is -4.36. The Morgan fingerprint density at radius 1 is 1.11 bits per heavy atom. The lowest BCUT2D eigenvalue weighted by molar-refractivity contribution is -0.332. The fourth-order valence-electron chi connectivity index (χ4n) is 2.93. The monoisotopic (exact) mass is 400 g/mol. The molecule has 0 unspecified atom stereocenters. The first-order chi connectivity index (χ1) is 12.5.